The van der Waals surface area contributed by atoms with Crippen molar-refractivity contribution >= 4 is 29.3 Å². The van der Waals surface area contributed by atoms with E-state index in [0.717, 1.165) is 17.7 Å². The number of fused-ring (bicyclic) bond motifs is 2. The number of unbranched alkanes of at least 4 members (excludes halogenated alkanes) is 2. The topological polar surface area (TPSA) is 75.7 Å². The van der Waals surface area contributed by atoms with Gasteiger partial charge >= 0.3 is 0 Å². The normalized spacial score (nSPS) is 17.4. The Balaban J connectivity index is 1.21. The maximum absolute atomic E-state index is 12.4. The number of carbonyl (C=O) groups is 3. The number of ether oxygens (including phenoxy) is 1. The Kier molecular flexibility index (Phi) is 6.04. The second-order valence-electron chi connectivity index (χ2n) is 7.56. The number of benzene rings is 2. The average molecular weight is 427 g/mol. The van der Waals surface area contributed by atoms with Gasteiger partial charge in [0.1, 0.15) is 5.75 Å². The Hall–Kier alpha value is -2.86. The Morgan fingerprint density at radius 3 is 2.53 bits per heavy atom. The number of hydrogen-bond acceptors (Lipinski definition) is 4. The van der Waals surface area contributed by atoms with Gasteiger partial charge in [-0.3, -0.25) is 19.3 Å². The summed E-state index contributed by atoms with van der Waals surface area (Å²) in [6, 6.07) is 12.2. The van der Waals surface area contributed by atoms with Crippen LogP contribution in [0.3, 0.4) is 0 Å². The highest BCUT2D eigenvalue weighted by atomic mass is 35.5. The Bertz CT molecular complexity index is 956. The molecule has 6 nitrogen and oxygen atoms in total. The fraction of sp³-hybridized carbons (Fsp3) is 0.348. The molecule has 7 heteroatoms. The first kappa shape index (κ1) is 20.4. The first-order valence-electron chi connectivity index (χ1n) is 10.2. The van der Waals surface area contributed by atoms with Gasteiger partial charge in [0.15, 0.2) is 0 Å². The largest absolute Gasteiger partial charge is 0.493 e. The Labute approximate surface area is 180 Å². The van der Waals surface area contributed by atoms with Crippen LogP contribution in [0.5, 0.6) is 5.75 Å². The van der Waals surface area contributed by atoms with Crippen LogP contribution >= 0.6 is 11.6 Å². The molecule has 0 saturated heterocycles. The molecule has 2 aliphatic rings. The molecule has 0 bridgehead atoms. The molecule has 0 fully saturated rings. The summed E-state index contributed by atoms with van der Waals surface area (Å²) in [6.07, 6.45) is 3.24. The summed E-state index contributed by atoms with van der Waals surface area (Å²) >= 11 is 6.08. The summed E-state index contributed by atoms with van der Waals surface area (Å²) in [5, 5.41) is 3.68. The summed E-state index contributed by atoms with van der Waals surface area (Å²) in [5.41, 5.74) is 1.85. The average Bonchev–Trinajstić information content (AvgIpc) is 2.99. The molecule has 2 aliphatic heterocycles. The van der Waals surface area contributed by atoms with Crippen LogP contribution in [0.1, 0.15) is 64.4 Å². The van der Waals surface area contributed by atoms with Crippen molar-refractivity contribution in [3.8, 4) is 5.75 Å². The summed E-state index contributed by atoms with van der Waals surface area (Å²) in [6.45, 7) is 0.930. The van der Waals surface area contributed by atoms with Crippen molar-refractivity contribution in [2.45, 2.75) is 38.1 Å². The number of nitrogens with one attached hydrogen (secondary N) is 1. The van der Waals surface area contributed by atoms with E-state index >= 15 is 0 Å². The SMILES string of the molecule is O=C(CCCCCN1C(=O)c2ccccc2C1=O)NC1CCOc2ccc(Cl)cc21. The number of nitrogens with zero attached hydrogens (tertiary/aromatic N) is 1. The predicted octanol–water partition coefficient (Wildman–Crippen LogP) is 4.14. The highest BCUT2D eigenvalue weighted by molar-refractivity contribution is 6.30. The van der Waals surface area contributed by atoms with E-state index in [-0.39, 0.29) is 23.8 Å². The van der Waals surface area contributed by atoms with Crippen molar-refractivity contribution in [1.82, 2.24) is 10.2 Å². The third kappa shape index (κ3) is 4.19. The second kappa shape index (κ2) is 8.88. The van der Waals surface area contributed by atoms with Crippen molar-refractivity contribution in [2.75, 3.05) is 13.2 Å². The molecule has 1 unspecified atom stereocenters. The van der Waals surface area contributed by atoms with E-state index in [1.165, 1.54) is 4.90 Å². The van der Waals surface area contributed by atoms with Gasteiger partial charge in [-0.1, -0.05) is 30.2 Å². The maximum Gasteiger partial charge on any atom is 0.261 e. The molecule has 3 amide bonds. The predicted molar refractivity (Wildman–Crippen MR) is 113 cm³/mol. The molecule has 0 radical (unpaired) electrons. The fourth-order valence-electron chi connectivity index (χ4n) is 3.96. The number of hydrogen-bond donors (Lipinski definition) is 1. The van der Waals surface area contributed by atoms with Crippen LogP contribution < -0.4 is 10.1 Å². The quantitative estimate of drug-likeness (QED) is 0.533. The number of amides is 3. The molecule has 4 rings (SSSR count). The molecule has 0 aromatic heterocycles. The summed E-state index contributed by atoms with van der Waals surface area (Å²) < 4.78 is 5.62. The molecule has 30 heavy (non-hydrogen) atoms. The fourth-order valence-corrected chi connectivity index (χ4v) is 4.14. The Morgan fingerprint density at radius 2 is 1.80 bits per heavy atom. The zero-order valence-corrected chi connectivity index (χ0v) is 17.3. The second-order valence-corrected chi connectivity index (χ2v) is 7.99. The van der Waals surface area contributed by atoms with E-state index in [9.17, 15) is 14.4 Å². The smallest absolute Gasteiger partial charge is 0.261 e. The minimum Gasteiger partial charge on any atom is -0.493 e. The zero-order valence-electron chi connectivity index (χ0n) is 16.5. The van der Waals surface area contributed by atoms with Crippen LogP contribution in [0, 0.1) is 0 Å². The molecular formula is C23H23ClN2O4. The lowest BCUT2D eigenvalue weighted by atomic mass is 10.00. The lowest BCUT2D eigenvalue weighted by Crippen LogP contribution is -2.32. The van der Waals surface area contributed by atoms with Crippen LogP contribution in [0.15, 0.2) is 42.5 Å². The van der Waals surface area contributed by atoms with E-state index in [1.807, 2.05) is 12.1 Å². The molecule has 1 N–H and O–H groups in total. The van der Waals surface area contributed by atoms with Gasteiger partial charge in [-0.25, -0.2) is 0 Å². The maximum atomic E-state index is 12.4. The third-order valence-corrected chi connectivity index (χ3v) is 5.75. The van der Waals surface area contributed by atoms with Crippen molar-refractivity contribution in [3.63, 3.8) is 0 Å². The zero-order chi connectivity index (χ0) is 21.1. The van der Waals surface area contributed by atoms with E-state index in [2.05, 4.69) is 5.32 Å². The molecule has 0 aliphatic carbocycles. The summed E-state index contributed by atoms with van der Waals surface area (Å²) in [4.78, 5) is 38.4. The monoisotopic (exact) mass is 426 g/mol. The lowest BCUT2D eigenvalue weighted by molar-refractivity contribution is -0.122. The van der Waals surface area contributed by atoms with Gasteiger partial charge in [0.25, 0.3) is 11.8 Å². The molecule has 156 valence electrons. The highest BCUT2D eigenvalue weighted by Crippen LogP contribution is 2.34. The first-order chi connectivity index (χ1) is 14.5. The van der Waals surface area contributed by atoms with Gasteiger partial charge in [-0.2, -0.15) is 0 Å². The van der Waals surface area contributed by atoms with Crippen LogP contribution in [0.2, 0.25) is 5.02 Å². The molecule has 0 spiro atoms. The number of halogens is 1. The van der Waals surface area contributed by atoms with Crippen LogP contribution in [-0.4, -0.2) is 35.8 Å². The molecule has 2 aromatic rings. The van der Waals surface area contributed by atoms with Crippen molar-refractivity contribution in [3.05, 3.63) is 64.2 Å². The number of carbonyl (C=O) groups excluding carboxylic acids is 3. The van der Waals surface area contributed by atoms with Crippen LogP contribution in [-0.2, 0) is 4.79 Å². The Morgan fingerprint density at radius 1 is 1.07 bits per heavy atom. The van der Waals surface area contributed by atoms with Crippen LogP contribution in [0.4, 0.5) is 0 Å². The van der Waals surface area contributed by atoms with Gasteiger partial charge in [0.2, 0.25) is 5.91 Å². The molecule has 2 heterocycles. The van der Waals surface area contributed by atoms with E-state index in [4.69, 9.17) is 16.3 Å². The molecule has 0 saturated carbocycles. The van der Waals surface area contributed by atoms with E-state index in [0.29, 0.717) is 55.0 Å². The van der Waals surface area contributed by atoms with Crippen LogP contribution in [0.25, 0.3) is 0 Å². The number of rotatable bonds is 7. The molecule has 2 aromatic carbocycles. The van der Waals surface area contributed by atoms with Gasteiger partial charge < -0.3 is 10.1 Å². The van der Waals surface area contributed by atoms with Crippen molar-refractivity contribution < 1.29 is 19.1 Å². The van der Waals surface area contributed by atoms with Crippen molar-refractivity contribution in [2.24, 2.45) is 0 Å². The number of imide groups is 1. The van der Waals surface area contributed by atoms with Gasteiger partial charge in [0, 0.05) is 30.0 Å². The van der Waals surface area contributed by atoms with E-state index in [1.54, 1.807) is 30.3 Å². The van der Waals surface area contributed by atoms with Crippen molar-refractivity contribution in [1.29, 1.82) is 0 Å². The molecule has 1 atom stereocenters. The first-order valence-corrected chi connectivity index (χ1v) is 10.6. The lowest BCUT2D eigenvalue weighted by Gasteiger charge is -2.27. The third-order valence-electron chi connectivity index (χ3n) is 5.51. The summed E-state index contributed by atoms with van der Waals surface area (Å²) in [5.74, 6) is 0.279. The summed E-state index contributed by atoms with van der Waals surface area (Å²) in [7, 11) is 0. The minimum atomic E-state index is -0.231. The van der Waals surface area contributed by atoms with Gasteiger partial charge in [-0.15, -0.1) is 0 Å². The highest BCUT2D eigenvalue weighted by Gasteiger charge is 2.34. The van der Waals surface area contributed by atoms with Gasteiger partial charge in [-0.05, 0) is 43.2 Å². The molecular weight excluding hydrogens is 404 g/mol. The standard InChI is InChI=1S/C23H23ClN2O4/c24-15-9-10-20-18(14-15)19(11-13-30-20)25-21(27)8-2-1-5-12-26-22(28)16-6-3-4-7-17(16)23(26)29/h3-4,6-7,9-10,14,19H,1-2,5,8,11-13H2,(H,25,27). The van der Waals surface area contributed by atoms with Gasteiger partial charge in [0.05, 0.1) is 23.8 Å². The van der Waals surface area contributed by atoms with E-state index < -0.39 is 0 Å². The minimum absolute atomic E-state index is 0.0199.